The van der Waals surface area contributed by atoms with Crippen molar-refractivity contribution < 1.29 is 4.79 Å². The maximum absolute atomic E-state index is 12.5. The first-order chi connectivity index (χ1) is 8.50. The van der Waals surface area contributed by atoms with Crippen molar-refractivity contribution in [3.63, 3.8) is 0 Å². The number of nitrogens with zero attached hydrogens (tertiary/aromatic N) is 1. The van der Waals surface area contributed by atoms with Crippen molar-refractivity contribution in [3.05, 3.63) is 33.8 Å². The fourth-order valence-corrected chi connectivity index (χ4v) is 2.89. The van der Waals surface area contributed by atoms with E-state index in [9.17, 15) is 4.79 Å². The Morgan fingerprint density at radius 3 is 2.78 bits per heavy atom. The number of hydrogen-bond donors (Lipinski definition) is 0. The van der Waals surface area contributed by atoms with Crippen LogP contribution in [0, 0.1) is 12.8 Å². The lowest BCUT2D eigenvalue weighted by atomic mass is 9.91. The molecule has 3 heteroatoms. The van der Waals surface area contributed by atoms with E-state index in [-0.39, 0.29) is 5.91 Å². The van der Waals surface area contributed by atoms with Crippen LogP contribution in [0.1, 0.15) is 42.6 Å². The maximum atomic E-state index is 12.5. The van der Waals surface area contributed by atoms with Gasteiger partial charge in [0.2, 0.25) is 0 Å². The van der Waals surface area contributed by atoms with Gasteiger partial charge >= 0.3 is 0 Å². The van der Waals surface area contributed by atoms with Crippen molar-refractivity contribution >= 4 is 21.8 Å². The van der Waals surface area contributed by atoms with E-state index in [1.807, 2.05) is 30.0 Å². The number of likely N-dealkylation sites (tertiary alicyclic amines) is 1. The van der Waals surface area contributed by atoms with Crippen LogP contribution in [-0.4, -0.2) is 23.4 Å². The average Bonchev–Trinajstić information content (AvgIpc) is 2.35. The maximum Gasteiger partial charge on any atom is 0.254 e. The van der Waals surface area contributed by atoms with E-state index in [0.29, 0.717) is 12.0 Å². The van der Waals surface area contributed by atoms with Crippen molar-refractivity contribution in [1.29, 1.82) is 0 Å². The van der Waals surface area contributed by atoms with E-state index < -0.39 is 0 Å². The van der Waals surface area contributed by atoms with Crippen LogP contribution in [0.15, 0.2) is 22.7 Å². The van der Waals surface area contributed by atoms with Gasteiger partial charge in [0.1, 0.15) is 0 Å². The second-order valence-corrected chi connectivity index (χ2v) is 6.18. The van der Waals surface area contributed by atoms with Gasteiger partial charge in [0.15, 0.2) is 0 Å². The smallest absolute Gasteiger partial charge is 0.254 e. The van der Waals surface area contributed by atoms with Crippen LogP contribution in [0.25, 0.3) is 0 Å². The van der Waals surface area contributed by atoms with Crippen molar-refractivity contribution in [3.8, 4) is 0 Å². The molecule has 2 unspecified atom stereocenters. The van der Waals surface area contributed by atoms with E-state index in [1.165, 1.54) is 6.42 Å². The molecule has 1 aromatic rings. The van der Waals surface area contributed by atoms with Gasteiger partial charge in [0.05, 0.1) is 0 Å². The fraction of sp³-hybridized carbons (Fsp3) is 0.533. The summed E-state index contributed by atoms with van der Waals surface area (Å²) in [6.07, 6.45) is 2.34. The lowest BCUT2D eigenvalue weighted by Crippen LogP contribution is -2.46. The number of benzene rings is 1. The van der Waals surface area contributed by atoms with Crippen molar-refractivity contribution in [2.45, 2.75) is 39.7 Å². The number of carbonyl (C=O) groups excluding carboxylic acids is 1. The molecule has 2 nitrogen and oxygen atoms in total. The number of aryl methyl sites for hydroxylation is 1. The summed E-state index contributed by atoms with van der Waals surface area (Å²) in [5, 5.41) is 0. The molecule has 2 rings (SSSR count). The molecular weight excluding hydrogens is 290 g/mol. The van der Waals surface area contributed by atoms with E-state index >= 15 is 0 Å². The first-order valence-electron chi connectivity index (χ1n) is 6.58. The van der Waals surface area contributed by atoms with E-state index in [2.05, 4.69) is 29.8 Å². The van der Waals surface area contributed by atoms with Gasteiger partial charge in [0, 0.05) is 22.6 Å². The first-order valence-corrected chi connectivity index (χ1v) is 7.37. The minimum absolute atomic E-state index is 0.162. The number of rotatable bonds is 1. The summed E-state index contributed by atoms with van der Waals surface area (Å²) in [4.78, 5) is 14.5. The Balaban J connectivity index is 2.22. The van der Waals surface area contributed by atoms with Crippen molar-refractivity contribution in [1.82, 2.24) is 4.90 Å². The third-order valence-corrected chi connectivity index (χ3v) is 4.91. The summed E-state index contributed by atoms with van der Waals surface area (Å²) in [6, 6.07) is 6.19. The quantitative estimate of drug-likeness (QED) is 0.767. The third-order valence-electron chi connectivity index (χ3n) is 4.05. The minimum Gasteiger partial charge on any atom is -0.336 e. The summed E-state index contributed by atoms with van der Waals surface area (Å²) in [7, 11) is 0. The molecule has 0 spiro atoms. The van der Waals surface area contributed by atoms with Crippen molar-refractivity contribution in [2.24, 2.45) is 5.92 Å². The predicted molar refractivity (Wildman–Crippen MR) is 77.8 cm³/mol. The van der Waals surface area contributed by atoms with Gasteiger partial charge in [-0.25, -0.2) is 0 Å². The molecule has 0 N–H and O–H groups in total. The highest BCUT2D eigenvalue weighted by Gasteiger charge is 2.28. The molecule has 0 bridgehead atoms. The fourth-order valence-electron chi connectivity index (χ4n) is 2.51. The molecule has 0 aromatic heterocycles. The van der Waals surface area contributed by atoms with Gasteiger partial charge in [-0.05, 0) is 50.3 Å². The van der Waals surface area contributed by atoms with E-state index in [1.54, 1.807) is 0 Å². The largest absolute Gasteiger partial charge is 0.336 e. The number of halogens is 1. The SMILES string of the molecule is Cc1ccc(C(=O)N2CCCC(C)C2C)cc1Br. The molecule has 1 aromatic carbocycles. The first kappa shape index (κ1) is 13.6. The van der Waals surface area contributed by atoms with Crippen LogP contribution in [-0.2, 0) is 0 Å². The van der Waals surface area contributed by atoms with Crippen LogP contribution in [0.2, 0.25) is 0 Å². The van der Waals surface area contributed by atoms with Gasteiger partial charge in [-0.15, -0.1) is 0 Å². The standard InChI is InChI=1S/C15H20BrNO/c1-10-5-4-8-17(12(10)3)15(18)13-7-6-11(2)14(16)9-13/h6-7,9-10,12H,4-5,8H2,1-3H3. The van der Waals surface area contributed by atoms with Crippen LogP contribution in [0.4, 0.5) is 0 Å². The molecule has 0 aliphatic carbocycles. The highest BCUT2D eigenvalue weighted by molar-refractivity contribution is 9.10. The Bertz CT molecular complexity index is 458. The molecular formula is C15H20BrNO. The molecule has 2 atom stereocenters. The number of amides is 1. The molecule has 0 saturated carbocycles. The Kier molecular flexibility index (Phi) is 4.10. The molecule has 1 aliphatic heterocycles. The Labute approximate surface area is 117 Å². The van der Waals surface area contributed by atoms with Crippen LogP contribution in [0.5, 0.6) is 0 Å². The Morgan fingerprint density at radius 1 is 1.39 bits per heavy atom. The zero-order chi connectivity index (χ0) is 13.3. The number of piperidine rings is 1. The average molecular weight is 310 g/mol. The topological polar surface area (TPSA) is 20.3 Å². The van der Waals surface area contributed by atoms with Gasteiger partial charge in [-0.1, -0.05) is 28.9 Å². The number of carbonyl (C=O) groups is 1. The molecule has 1 amide bonds. The molecule has 1 saturated heterocycles. The van der Waals surface area contributed by atoms with Crippen LogP contribution < -0.4 is 0 Å². The lowest BCUT2D eigenvalue weighted by Gasteiger charge is -2.38. The second-order valence-electron chi connectivity index (χ2n) is 5.32. The van der Waals surface area contributed by atoms with Gasteiger partial charge < -0.3 is 4.90 Å². The lowest BCUT2D eigenvalue weighted by molar-refractivity contribution is 0.0551. The summed E-state index contributed by atoms with van der Waals surface area (Å²) in [6.45, 7) is 7.31. The summed E-state index contributed by atoms with van der Waals surface area (Å²) in [5.41, 5.74) is 1.94. The zero-order valence-electron chi connectivity index (χ0n) is 11.2. The van der Waals surface area contributed by atoms with E-state index in [0.717, 1.165) is 28.6 Å². The predicted octanol–water partition coefficient (Wildman–Crippen LogP) is 4.02. The molecule has 1 aliphatic rings. The van der Waals surface area contributed by atoms with Crippen molar-refractivity contribution in [2.75, 3.05) is 6.54 Å². The summed E-state index contributed by atoms with van der Waals surface area (Å²) in [5.74, 6) is 0.756. The second kappa shape index (κ2) is 5.43. The highest BCUT2D eigenvalue weighted by Crippen LogP contribution is 2.25. The van der Waals surface area contributed by atoms with Gasteiger partial charge in [0.25, 0.3) is 5.91 Å². The van der Waals surface area contributed by atoms with Crippen LogP contribution in [0.3, 0.4) is 0 Å². The molecule has 1 heterocycles. The third kappa shape index (κ3) is 2.61. The molecule has 18 heavy (non-hydrogen) atoms. The zero-order valence-corrected chi connectivity index (χ0v) is 12.8. The highest BCUT2D eigenvalue weighted by atomic mass is 79.9. The Hall–Kier alpha value is -0.830. The van der Waals surface area contributed by atoms with E-state index in [4.69, 9.17) is 0 Å². The normalized spacial score (nSPS) is 24.1. The molecule has 98 valence electrons. The molecule has 1 fully saturated rings. The Morgan fingerprint density at radius 2 is 2.11 bits per heavy atom. The minimum atomic E-state index is 0.162. The van der Waals surface area contributed by atoms with Gasteiger partial charge in [-0.3, -0.25) is 4.79 Å². The van der Waals surface area contributed by atoms with Crippen LogP contribution >= 0.6 is 15.9 Å². The molecule has 0 radical (unpaired) electrons. The van der Waals surface area contributed by atoms with Gasteiger partial charge in [-0.2, -0.15) is 0 Å². The monoisotopic (exact) mass is 309 g/mol. The number of hydrogen-bond acceptors (Lipinski definition) is 1. The summed E-state index contributed by atoms with van der Waals surface area (Å²) < 4.78 is 1.01. The summed E-state index contributed by atoms with van der Waals surface area (Å²) >= 11 is 3.49.